The number of ether oxygens (including phenoxy) is 1. The van der Waals surface area contributed by atoms with Gasteiger partial charge in [-0.25, -0.2) is 9.59 Å². The molecule has 2 N–H and O–H groups in total. The van der Waals surface area contributed by atoms with E-state index in [1.807, 2.05) is 6.07 Å². The van der Waals surface area contributed by atoms with Crippen LogP contribution in [0.1, 0.15) is 44.1 Å². The molecule has 0 aromatic heterocycles. The van der Waals surface area contributed by atoms with Crippen LogP contribution in [0.2, 0.25) is 0 Å². The largest absolute Gasteiger partial charge is 0.496 e. The number of methoxy groups -OCH3 is 1. The summed E-state index contributed by atoms with van der Waals surface area (Å²) in [6.07, 6.45) is 8.29. The minimum atomic E-state index is -1.82. The first-order chi connectivity index (χ1) is 13.9. The number of aliphatic carboxylic acids is 2. The monoisotopic (exact) mass is 470 g/mol. The smallest absolute Gasteiger partial charge is 0.414 e. The van der Waals surface area contributed by atoms with Crippen LogP contribution in [0, 0.1) is 0 Å². The normalized spacial score (nSPS) is 19.0. The highest BCUT2D eigenvalue weighted by Gasteiger charge is 2.25. The molecule has 2 heterocycles. The topological polar surface area (TPSA) is 90.3 Å². The van der Waals surface area contributed by atoms with Gasteiger partial charge in [0, 0.05) is 22.6 Å². The van der Waals surface area contributed by atoms with Gasteiger partial charge >= 0.3 is 11.9 Å². The summed E-state index contributed by atoms with van der Waals surface area (Å²) in [4.78, 5) is 23.5. The number of nitrogens with zero attached hydrogens (tertiary/aromatic N) is 2. The van der Waals surface area contributed by atoms with Gasteiger partial charge in [-0.3, -0.25) is 4.90 Å². The van der Waals surface area contributed by atoms with Crippen LogP contribution in [-0.2, 0) is 16.1 Å². The fourth-order valence-electron chi connectivity index (χ4n) is 4.01. The molecule has 2 fully saturated rings. The van der Waals surface area contributed by atoms with Gasteiger partial charge in [0.05, 0.1) is 7.11 Å². The summed E-state index contributed by atoms with van der Waals surface area (Å²) in [5.41, 5.74) is 1.29. The number of carboxylic acids is 2. The minimum Gasteiger partial charge on any atom is -0.496 e. The molecule has 3 rings (SSSR count). The van der Waals surface area contributed by atoms with Crippen molar-refractivity contribution in [2.75, 3.05) is 33.3 Å². The zero-order chi connectivity index (χ0) is 21.2. The van der Waals surface area contributed by atoms with Crippen molar-refractivity contribution in [3.8, 4) is 5.75 Å². The summed E-state index contributed by atoms with van der Waals surface area (Å²) >= 11 is 3.58. The Labute approximate surface area is 180 Å². The molecule has 0 radical (unpaired) electrons. The van der Waals surface area contributed by atoms with E-state index in [1.165, 1.54) is 70.3 Å². The Balaban J connectivity index is 0.000000438. The van der Waals surface area contributed by atoms with Gasteiger partial charge in [0.1, 0.15) is 5.75 Å². The van der Waals surface area contributed by atoms with Crippen LogP contribution in [0.25, 0.3) is 0 Å². The molecule has 1 aromatic rings. The SMILES string of the molecule is COc1ccc(Br)cc1CN1CCC(N2CCCCCC2)CC1.O=C(O)C(=O)O. The molecule has 7 nitrogen and oxygen atoms in total. The van der Waals surface area contributed by atoms with Crippen molar-refractivity contribution in [2.45, 2.75) is 51.1 Å². The lowest BCUT2D eigenvalue weighted by Crippen LogP contribution is -2.45. The maximum atomic E-state index is 9.10. The summed E-state index contributed by atoms with van der Waals surface area (Å²) in [7, 11) is 1.76. The summed E-state index contributed by atoms with van der Waals surface area (Å²) in [5.74, 6) is -2.65. The van der Waals surface area contributed by atoms with Gasteiger partial charge in [0.2, 0.25) is 0 Å². The van der Waals surface area contributed by atoms with Crippen molar-refractivity contribution in [3.63, 3.8) is 0 Å². The van der Waals surface area contributed by atoms with Crippen LogP contribution in [0.3, 0.4) is 0 Å². The predicted molar refractivity (Wildman–Crippen MR) is 114 cm³/mol. The quantitative estimate of drug-likeness (QED) is 0.651. The Hall–Kier alpha value is -1.64. The Morgan fingerprint density at radius 1 is 1.03 bits per heavy atom. The number of halogens is 1. The van der Waals surface area contributed by atoms with Gasteiger partial charge in [-0.05, 0) is 70.1 Å². The average Bonchev–Trinajstić information content (AvgIpc) is 2.99. The fraction of sp³-hybridized carbons (Fsp3) is 0.619. The number of rotatable bonds is 4. The van der Waals surface area contributed by atoms with Crippen molar-refractivity contribution < 1.29 is 24.5 Å². The molecule has 2 saturated heterocycles. The molecule has 2 aliphatic rings. The lowest BCUT2D eigenvalue weighted by atomic mass is 10.0. The number of hydrogen-bond donors (Lipinski definition) is 2. The van der Waals surface area contributed by atoms with E-state index in [0.29, 0.717) is 0 Å². The van der Waals surface area contributed by atoms with Crippen molar-refractivity contribution in [2.24, 2.45) is 0 Å². The summed E-state index contributed by atoms with van der Waals surface area (Å²) in [6.45, 7) is 6.05. The molecule has 0 atom stereocenters. The number of likely N-dealkylation sites (tertiary alicyclic amines) is 2. The molecule has 0 amide bonds. The Kier molecular flexibility index (Phi) is 9.90. The first kappa shape index (κ1) is 23.6. The van der Waals surface area contributed by atoms with E-state index in [4.69, 9.17) is 24.5 Å². The van der Waals surface area contributed by atoms with Crippen LogP contribution in [0.4, 0.5) is 0 Å². The second-order valence-corrected chi connectivity index (χ2v) is 8.44. The zero-order valence-electron chi connectivity index (χ0n) is 17.0. The summed E-state index contributed by atoms with van der Waals surface area (Å²) in [6, 6.07) is 7.12. The molecule has 0 saturated carbocycles. The molecule has 29 heavy (non-hydrogen) atoms. The molecular weight excluding hydrogens is 440 g/mol. The molecule has 0 bridgehead atoms. The highest BCUT2D eigenvalue weighted by molar-refractivity contribution is 9.10. The minimum absolute atomic E-state index is 0.814. The maximum absolute atomic E-state index is 9.10. The maximum Gasteiger partial charge on any atom is 0.414 e. The summed E-state index contributed by atoms with van der Waals surface area (Å²) < 4.78 is 6.65. The molecule has 1 aromatic carbocycles. The van der Waals surface area contributed by atoms with Crippen molar-refractivity contribution in [3.05, 3.63) is 28.2 Å². The molecule has 0 unspecified atom stereocenters. The van der Waals surface area contributed by atoms with E-state index in [9.17, 15) is 0 Å². The lowest BCUT2D eigenvalue weighted by Gasteiger charge is -2.38. The van der Waals surface area contributed by atoms with Crippen LogP contribution >= 0.6 is 15.9 Å². The van der Waals surface area contributed by atoms with Crippen molar-refractivity contribution >= 4 is 27.9 Å². The molecule has 0 aliphatic carbocycles. The standard InChI is InChI=1S/C19H29BrN2O.C2H2O4/c1-23-19-7-6-17(20)14-16(19)15-21-12-8-18(9-13-21)22-10-4-2-3-5-11-22;3-1(4)2(5)6/h6-7,14,18H,2-5,8-13,15H2,1H3;(H,3,4)(H,5,6). The van der Waals surface area contributed by atoms with Gasteiger partial charge in [-0.2, -0.15) is 0 Å². The number of carboxylic acid groups (broad SMARTS) is 2. The van der Waals surface area contributed by atoms with E-state index in [-0.39, 0.29) is 0 Å². The van der Waals surface area contributed by atoms with Crippen molar-refractivity contribution in [1.29, 1.82) is 0 Å². The highest BCUT2D eigenvalue weighted by atomic mass is 79.9. The highest BCUT2D eigenvalue weighted by Crippen LogP contribution is 2.27. The van der Waals surface area contributed by atoms with E-state index < -0.39 is 11.9 Å². The van der Waals surface area contributed by atoms with E-state index in [1.54, 1.807) is 7.11 Å². The third kappa shape index (κ3) is 7.95. The van der Waals surface area contributed by atoms with Crippen LogP contribution < -0.4 is 4.74 Å². The van der Waals surface area contributed by atoms with Crippen molar-refractivity contribution in [1.82, 2.24) is 9.80 Å². The average molecular weight is 471 g/mol. The molecule has 0 spiro atoms. The fourth-order valence-corrected chi connectivity index (χ4v) is 4.42. The van der Waals surface area contributed by atoms with Gasteiger partial charge in [-0.1, -0.05) is 28.8 Å². The van der Waals surface area contributed by atoms with E-state index >= 15 is 0 Å². The first-order valence-electron chi connectivity index (χ1n) is 10.2. The molecule has 162 valence electrons. The second-order valence-electron chi connectivity index (χ2n) is 7.52. The van der Waals surface area contributed by atoms with Gasteiger partial charge in [0.15, 0.2) is 0 Å². The predicted octanol–water partition coefficient (Wildman–Crippen LogP) is 3.45. The van der Waals surface area contributed by atoms with E-state index in [0.717, 1.165) is 22.8 Å². The third-order valence-electron chi connectivity index (χ3n) is 5.53. The second kappa shape index (κ2) is 12.1. The Bertz CT molecular complexity index is 657. The number of benzene rings is 1. The van der Waals surface area contributed by atoms with Crippen LogP contribution in [0.15, 0.2) is 22.7 Å². The lowest BCUT2D eigenvalue weighted by molar-refractivity contribution is -0.159. The third-order valence-corrected chi connectivity index (χ3v) is 6.03. The van der Waals surface area contributed by atoms with Crippen LogP contribution in [0.5, 0.6) is 5.75 Å². The van der Waals surface area contributed by atoms with Crippen LogP contribution in [-0.4, -0.2) is 71.3 Å². The zero-order valence-corrected chi connectivity index (χ0v) is 18.6. The summed E-state index contributed by atoms with van der Waals surface area (Å²) in [5, 5.41) is 14.8. The molecule has 8 heteroatoms. The van der Waals surface area contributed by atoms with Gasteiger partial charge < -0.3 is 19.8 Å². The number of carbonyl (C=O) groups is 2. The molecule has 2 aliphatic heterocycles. The van der Waals surface area contributed by atoms with Gasteiger partial charge in [0.25, 0.3) is 0 Å². The number of piperidine rings is 1. The Morgan fingerprint density at radius 2 is 1.62 bits per heavy atom. The Morgan fingerprint density at radius 3 is 2.14 bits per heavy atom. The first-order valence-corrected chi connectivity index (χ1v) is 10.9. The van der Waals surface area contributed by atoms with Gasteiger partial charge in [-0.15, -0.1) is 0 Å². The van der Waals surface area contributed by atoms with E-state index in [2.05, 4.69) is 37.9 Å². The molecular formula is C21H31BrN2O5. The number of hydrogen-bond acceptors (Lipinski definition) is 5.